The van der Waals surface area contributed by atoms with E-state index in [2.05, 4.69) is 39.2 Å². The molecule has 30 heavy (non-hydrogen) atoms. The Labute approximate surface area is 175 Å². The van der Waals surface area contributed by atoms with E-state index in [-0.39, 0.29) is 5.75 Å². The van der Waals surface area contributed by atoms with Crippen molar-refractivity contribution in [1.29, 1.82) is 0 Å². The van der Waals surface area contributed by atoms with Crippen LogP contribution in [-0.2, 0) is 0 Å². The van der Waals surface area contributed by atoms with Crippen molar-refractivity contribution in [2.24, 2.45) is 4.99 Å². The lowest BCUT2D eigenvalue weighted by Gasteiger charge is -2.39. The highest BCUT2D eigenvalue weighted by molar-refractivity contribution is 5.91. The summed E-state index contributed by atoms with van der Waals surface area (Å²) < 4.78 is 0. The maximum absolute atomic E-state index is 10.4. The summed E-state index contributed by atoms with van der Waals surface area (Å²) in [5, 5.41) is 15.1. The monoisotopic (exact) mass is 402 g/mol. The average molecular weight is 403 g/mol. The van der Waals surface area contributed by atoms with E-state index in [1.54, 1.807) is 19.3 Å². The van der Waals surface area contributed by atoms with Crippen LogP contribution in [0.25, 0.3) is 22.3 Å². The highest BCUT2D eigenvalue weighted by atomic mass is 16.3. The second-order valence-corrected chi connectivity index (χ2v) is 8.53. The van der Waals surface area contributed by atoms with Crippen LogP contribution in [0.15, 0.2) is 41.5 Å². The summed E-state index contributed by atoms with van der Waals surface area (Å²) in [6.07, 6.45) is 5.99. The normalized spacial score (nSPS) is 20.3. The van der Waals surface area contributed by atoms with Gasteiger partial charge in [0.15, 0.2) is 5.82 Å². The van der Waals surface area contributed by atoms with Crippen molar-refractivity contribution in [3.63, 3.8) is 0 Å². The van der Waals surface area contributed by atoms with E-state index in [1.165, 1.54) is 24.6 Å². The largest absolute Gasteiger partial charge is 0.507 e. The molecule has 1 aliphatic heterocycles. The van der Waals surface area contributed by atoms with Crippen LogP contribution in [0.2, 0.25) is 0 Å². The van der Waals surface area contributed by atoms with Crippen LogP contribution in [0.3, 0.4) is 0 Å². The number of hydrogen-bond donors (Lipinski definition) is 3. The van der Waals surface area contributed by atoms with Gasteiger partial charge < -0.3 is 21.1 Å². The lowest BCUT2D eigenvalue weighted by atomic mass is 10.1. The van der Waals surface area contributed by atoms with Crippen molar-refractivity contribution < 1.29 is 5.11 Å². The smallest absolute Gasteiger partial charge is 0.163 e. The Balaban J connectivity index is 1.49. The number of aromatic hydroxyl groups is 1. The Morgan fingerprint density at radius 1 is 1.30 bits per heavy atom. The fraction of sp³-hybridized carbons (Fsp3) is 0.348. The first-order chi connectivity index (χ1) is 14.5. The molecule has 2 aromatic carbocycles. The number of rotatable bonds is 3. The summed E-state index contributed by atoms with van der Waals surface area (Å²) in [6, 6.07) is 10.1. The molecule has 2 fully saturated rings. The van der Waals surface area contributed by atoms with E-state index in [9.17, 15) is 5.11 Å². The van der Waals surface area contributed by atoms with E-state index in [4.69, 9.17) is 10.7 Å². The van der Waals surface area contributed by atoms with Crippen LogP contribution in [0.1, 0.15) is 25.3 Å². The number of aliphatic imine (C=N–C) groups is 1. The number of phenolic OH excluding ortho intramolecular Hbond substituents is 1. The summed E-state index contributed by atoms with van der Waals surface area (Å²) in [5.41, 5.74) is 10.0. The Morgan fingerprint density at radius 2 is 2.13 bits per heavy atom. The van der Waals surface area contributed by atoms with E-state index < -0.39 is 0 Å². The lowest BCUT2D eigenvalue weighted by molar-refractivity contribution is 0.372. The van der Waals surface area contributed by atoms with E-state index in [0.717, 1.165) is 29.6 Å². The van der Waals surface area contributed by atoms with Gasteiger partial charge in [0.25, 0.3) is 0 Å². The zero-order chi connectivity index (χ0) is 20.9. The van der Waals surface area contributed by atoms with Crippen molar-refractivity contribution >= 4 is 28.5 Å². The number of nitrogens with one attached hydrogen (secondary N) is 1. The number of aromatic nitrogens is 2. The van der Waals surface area contributed by atoms with Crippen LogP contribution in [0, 0.1) is 0 Å². The number of fused-ring (bicyclic) bond motifs is 1. The van der Waals surface area contributed by atoms with Gasteiger partial charge >= 0.3 is 0 Å². The molecule has 1 saturated heterocycles. The van der Waals surface area contributed by atoms with E-state index >= 15 is 0 Å². The molecule has 5 rings (SSSR count). The van der Waals surface area contributed by atoms with E-state index in [1.807, 2.05) is 12.3 Å². The lowest BCUT2D eigenvalue weighted by Crippen LogP contribution is -2.57. The molecule has 1 aliphatic carbocycles. The molecule has 0 bridgehead atoms. The second kappa shape index (κ2) is 6.95. The van der Waals surface area contributed by atoms with Gasteiger partial charge in [-0.3, -0.25) is 4.99 Å². The Kier molecular flexibility index (Phi) is 4.36. The van der Waals surface area contributed by atoms with Crippen LogP contribution < -0.4 is 16.0 Å². The number of piperazine rings is 1. The number of hydrogen-bond acceptors (Lipinski definition) is 7. The molecule has 0 amide bonds. The molecule has 3 aromatic rings. The van der Waals surface area contributed by atoms with Crippen LogP contribution in [-0.4, -0.2) is 53.0 Å². The molecule has 7 heteroatoms. The molecule has 2 aliphatic rings. The molecule has 1 atom stereocenters. The third-order valence-electron chi connectivity index (χ3n) is 6.03. The fourth-order valence-corrected chi connectivity index (χ4v) is 4.42. The Morgan fingerprint density at radius 3 is 2.90 bits per heavy atom. The van der Waals surface area contributed by atoms with Crippen molar-refractivity contribution in [2.75, 3.05) is 30.8 Å². The summed E-state index contributed by atoms with van der Waals surface area (Å²) in [4.78, 5) is 15.7. The molecule has 154 valence electrons. The predicted octanol–water partition coefficient (Wildman–Crippen LogP) is 2.96. The van der Waals surface area contributed by atoms with Gasteiger partial charge in [0, 0.05) is 72.5 Å². The van der Waals surface area contributed by atoms with Crippen molar-refractivity contribution in [3.8, 4) is 17.1 Å². The third kappa shape index (κ3) is 3.35. The number of anilines is 2. The van der Waals surface area contributed by atoms with E-state index in [0.29, 0.717) is 28.7 Å². The highest BCUT2D eigenvalue weighted by Crippen LogP contribution is 2.40. The fourth-order valence-electron chi connectivity index (χ4n) is 4.42. The summed E-state index contributed by atoms with van der Waals surface area (Å²) in [7, 11) is 1.68. The van der Waals surface area contributed by atoms with Gasteiger partial charge in [0.05, 0.1) is 11.1 Å². The number of nitrogens with zero attached hydrogens (tertiary/aromatic N) is 4. The van der Waals surface area contributed by atoms with Crippen molar-refractivity contribution in [1.82, 2.24) is 15.3 Å². The number of nitrogen functional groups attached to an aromatic ring is 1. The van der Waals surface area contributed by atoms with Crippen LogP contribution in [0.4, 0.5) is 11.4 Å². The molecule has 4 N–H and O–H groups in total. The molecule has 0 radical (unpaired) electrons. The zero-order valence-corrected chi connectivity index (χ0v) is 17.3. The average Bonchev–Trinajstić information content (AvgIpc) is 3.46. The first-order valence-corrected chi connectivity index (χ1v) is 10.3. The van der Waals surface area contributed by atoms with Gasteiger partial charge in [0.1, 0.15) is 5.75 Å². The number of nitrogens with two attached hydrogens (primary N) is 1. The summed E-state index contributed by atoms with van der Waals surface area (Å²) in [5.74, 6) is 0.521. The van der Waals surface area contributed by atoms with Gasteiger partial charge in [-0.25, -0.2) is 9.97 Å². The SMILES string of the molecule is CN=Cc1cc(-c2ncc3cc(N4C[C@@H](C)NC5(CC5)C4)ccc3n2)c(O)cc1N. The second-order valence-electron chi connectivity index (χ2n) is 8.53. The standard InChI is InChI=1S/C23H26N6O/c1-14-12-29(13-23(28-14)5-6-23)17-3-4-20-16(7-17)11-26-22(27-20)18-8-15(10-25-2)19(24)9-21(18)30/h3-4,7-11,14,28,30H,5-6,12-13,24H2,1-2H3/t14-/m1/s1. The minimum Gasteiger partial charge on any atom is -0.507 e. The van der Waals surface area contributed by atoms with Gasteiger partial charge in [0.2, 0.25) is 0 Å². The highest BCUT2D eigenvalue weighted by Gasteiger charge is 2.47. The maximum atomic E-state index is 10.4. The molecule has 2 heterocycles. The molecule has 7 nitrogen and oxygen atoms in total. The minimum absolute atomic E-state index is 0.0567. The molecule has 1 saturated carbocycles. The molecule has 1 aromatic heterocycles. The zero-order valence-electron chi connectivity index (χ0n) is 17.3. The van der Waals surface area contributed by atoms with Crippen molar-refractivity contribution in [3.05, 3.63) is 42.1 Å². The van der Waals surface area contributed by atoms with Crippen LogP contribution >= 0.6 is 0 Å². The molecule has 1 spiro atoms. The first-order valence-electron chi connectivity index (χ1n) is 10.3. The van der Waals surface area contributed by atoms with Crippen molar-refractivity contribution in [2.45, 2.75) is 31.3 Å². The Bertz CT molecular complexity index is 1150. The van der Waals surface area contributed by atoms with Gasteiger partial charge in [-0.1, -0.05) is 0 Å². The quantitative estimate of drug-likeness (QED) is 0.460. The minimum atomic E-state index is 0.0567. The summed E-state index contributed by atoms with van der Waals surface area (Å²) >= 11 is 0. The molecular formula is C23H26N6O. The number of phenols is 1. The summed E-state index contributed by atoms with van der Waals surface area (Å²) in [6.45, 7) is 4.29. The van der Waals surface area contributed by atoms with Gasteiger partial charge in [-0.2, -0.15) is 0 Å². The predicted molar refractivity (Wildman–Crippen MR) is 121 cm³/mol. The molecular weight excluding hydrogens is 376 g/mol. The molecule has 0 unspecified atom stereocenters. The van der Waals surface area contributed by atoms with Gasteiger partial charge in [-0.05, 0) is 44.0 Å². The first kappa shape index (κ1) is 18.8. The van der Waals surface area contributed by atoms with Crippen LogP contribution in [0.5, 0.6) is 5.75 Å². The maximum Gasteiger partial charge on any atom is 0.163 e. The Hall–Kier alpha value is -3.19. The topological polar surface area (TPSA) is 99.7 Å². The van der Waals surface area contributed by atoms with Gasteiger partial charge in [-0.15, -0.1) is 0 Å². The number of benzene rings is 2. The third-order valence-corrected chi connectivity index (χ3v) is 6.03.